The van der Waals surface area contributed by atoms with E-state index < -0.39 is 0 Å². The Morgan fingerprint density at radius 1 is 1.16 bits per heavy atom. The highest BCUT2D eigenvalue weighted by Gasteiger charge is 2.05. The monoisotopic (exact) mass is 359 g/mol. The molecule has 0 spiro atoms. The number of nitrogens with zero attached hydrogens (tertiary/aromatic N) is 2. The number of unbranched alkanes of at least 4 members (excludes halogenated alkanes) is 1. The number of guanidine groups is 1. The molecule has 1 heterocycles. The minimum absolute atomic E-state index is 0.696. The van der Waals surface area contributed by atoms with E-state index in [9.17, 15) is 0 Å². The lowest BCUT2D eigenvalue weighted by Gasteiger charge is -2.21. The normalized spacial score (nSPS) is 11.5. The molecule has 0 saturated carbocycles. The molecule has 0 radical (unpaired) electrons. The van der Waals surface area contributed by atoms with E-state index >= 15 is 0 Å². The van der Waals surface area contributed by atoms with E-state index in [2.05, 4.69) is 51.9 Å². The van der Waals surface area contributed by atoms with Crippen molar-refractivity contribution in [1.29, 1.82) is 0 Å². The first-order valence-electron chi connectivity index (χ1n) is 8.85. The molecule has 0 unspecified atom stereocenters. The Balaban J connectivity index is 1.53. The maximum Gasteiger partial charge on any atom is 0.193 e. The minimum atomic E-state index is 0.696. The molecular weight excluding hydrogens is 330 g/mol. The molecule has 25 heavy (non-hydrogen) atoms. The van der Waals surface area contributed by atoms with Gasteiger partial charge in [0.15, 0.2) is 5.96 Å². The molecule has 0 fully saturated rings. The fourth-order valence-electron chi connectivity index (χ4n) is 2.52. The van der Waals surface area contributed by atoms with Gasteiger partial charge in [0.2, 0.25) is 0 Å². The van der Waals surface area contributed by atoms with Gasteiger partial charge in [-0.3, -0.25) is 4.99 Å². The van der Waals surface area contributed by atoms with Crippen LogP contribution in [0.25, 0.3) is 0 Å². The SMILES string of the molecule is CN=C(NCCCCOCc1ccccc1)N(C)CCc1cccs1. The molecule has 1 N–H and O–H groups in total. The number of benzene rings is 1. The lowest BCUT2D eigenvalue weighted by atomic mass is 10.2. The highest BCUT2D eigenvalue weighted by molar-refractivity contribution is 7.09. The molecule has 0 atom stereocenters. The number of thiophene rings is 1. The predicted octanol–water partition coefficient (Wildman–Crippen LogP) is 3.79. The van der Waals surface area contributed by atoms with Gasteiger partial charge in [-0.1, -0.05) is 36.4 Å². The first-order chi connectivity index (χ1) is 12.3. The van der Waals surface area contributed by atoms with Crippen molar-refractivity contribution in [2.24, 2.45) is 4.99 Å². The van der Waals surface area contributed by atoms with E-state index in [1.54, 1.807) is 0 Å². The number of ether oxygens (including phenoxy) is 1. The Kier molecular flexibility index (Phi) is 9.08. The Morgan fingerprint density at radius 2 is 2.00 bits per heavy atom. The summed E-state index contributed by atoms with van der Waals surface area (Å²) in [6.45, 7) is 3.38. The van der Waals surface area contributed by atoms with E-state index in [0.29, 0.717) is 6.61 Å². The molecule has 0 aliphatic rings. The summed E-state index contributed by atoms with van der Waals surface area (Å²) < 4.78 is 5.71. The van der Waals surface area contributed by atoms with Crippen LogP contribution in [-0.2, 0) is 17.8 Å². The summed E-state index contributed by atoms with van der Waals surface area (Å²) >= 11 is 1.81. The van der Waals surface area contributed by atoms with Gasteiger partial charge < -0.3 is 15.0 Å². The molecule has 0 aliphatic carbocycles. The number of hydrogen-bond acceptors (Lipinski definition) is 3. The molecule has 0 saturated heterocycles. The summed E-state index contributed by atoms with van der Waals surface area (Å²) in [5.41, 5.74) is 1.23. The maximum absolute atomic E-state index is 5.71. The van der Waals surface area contributed by atoms with Crippen LogP contribution in [0.1, 0.15) is 23.3 Å². The van der Waals surface area contributed by atoms with Crippen molar-refractivity contribution in [3.8, 4) is 0 Å². The van der Waals surface area contributed by atoms with E-state index in [1.807, 2.05) is 36.6 Å². The smallest absolute Gasteiger partial charge is 0.193 e. The molecule has 2 rings (SSSR count). The Morgan fingerprint density at radius 3 is 2.72 bits per heavy atom. The summed E-state index contributed by atoms with van der Waals surface area (Å²) in [4.78, 5) is 7.97. The molecule has 4 nitrogen and oxygen atoms in total. The standard InChI is InChI=1S/C20H29N3OS/c1-21-20(23(2)14-12-19-11-8-16-25-19)22-13-6-7-15-24-17-18-9-4-3-5-10-18/h3-5,8-11,16H,6-7,12-15,17H2,1-2H3,(H,21,22). The van der Waals surface area contributed by atoms with Gasteiger partial charge in [-0.2, -0.15) is 0 Å². The molecular formula is C20H29N3OS. The van der Waals surface area contributed by atoms with E-state index in [0.717, 1.165) is 44.9 Å². The van der Waals surface area contributed by atoms with Crippen LogP contribution in [-0.4, -0.2) is 44.7 Å². The lowest BCUT2D eigenvalue weighted by Crippen LogP contribution is -2.40. The fraction of sp³-hybridized carbons (Fsp3) is 0.450. The molecule has 0 bridgehead atoms. The van der Waals surface area contributed by atoms with Crippen LogP contribution in [0.3, 0.4) is 0 Å². The van der Waals surface area contributed by atoms with Gasteiger partial charge in [0.25, 0.3) is 0 Å². The van der Waals surface area contributed by atoms with Crippen LogP contribution in [0.4, 0.5) is 0 Å². The minimum Gasteiger partial charge on any atom is -0.377 e. The molecule has 2 aromatic rings. The van der Waals surface area contributed by atoms with Crippen LogP contribution >= 0.6 is 11.3 Å². The zero-order valence-corrected chi connectivity index (χ0v) is 16.1. The lowest BCUT2D eigenvalue weighted by molar-refractivity contribution is 0.117. The second-order valence-corrected chi connectivity index (χ2v) is 7.00. The quantitative estimate of drug-likeness (QED) is 0.398. The van der Waals surface area contributed by atoms with Gasteiger partial charge in [0.05, 0.1) is 6.61 Å². The third-order valence-corrected chi connectivity index (χ3v) is 4.89. The Hall–Kier alpha value is -1.85. The number of aliphatic imine (C=N–C) groups is 1. The van der Waals surface area contributed by atoms with Crippen LogP contribution in [0.2, 0.25) is 0 Å². The van der Waals surface area contributed by atoms with Gasteiger partial charge in [0, 0.05) is 38.7 Å². The first kappa shape index (κ1) is 19.5. The Bertz CT molecular complexity index is 599. The number of hydrogen-bond donors (Lipinski definition) is 1. The molecule has 5 heteroatoms. The number of nitrogens with one attached hydrogen (secondary N) is 1. The highest BCUT2D eigenvalue weighted by atomic mass is 32.1. The van der Waals surface area contributed by atoms with E-state index in [1.165, 1.54) is 10.4 Å². The van der Waals surface area contributed by atoms with Crippen molar-refractivity contribution in [2.75, 3.05) is 33.8 Å². The van der Waals surface area contributed by atoms with Crippen molar-refractivity contribution >= 4 is 17.3 Å². The zero-order valence-electron chi connectivity index (χ0n) is 15.3. The summed E-state index contributed by atoms with van der Waals surface area (Å²) in [6, 6.07) is 14.6. The summed E-state index contributed by atoms with van der Waals surface area (Å²) in [7, 11) is 3.93. The molecule has 136 valence electrons. The van der Waals surface area contributed by atoms with Crippen molar-refractivity contribution in [3.05, 3.63) is 58.3 Å². The average molecular weight is 360 g/mol. The van der Waals surface area contributed by atoms with Gasteiger partial charge >= 0.3 is 0 Å². The van der Waals surface area contributed by atoms with Crippen LogP contribution in [0.5, 0.6) is 0 Å². The molecule has 1 aromatic carbocycles. The third kappa shape index (κ3) is 7.71. The van der Waals surface area contributed by atoms with Gasteiger partial charge in [-0.25, -0.2) is 0 Å². The van der Waals surface area contributed by atoms with Crippen LogP contribution in [0, 0.1) is 0 Å². The van der Waals surface area contributed by atoms with Crippen molar-refractivity contribution in [3.63, 3.8) is 0 Å². The van der Waals surface area contributed by atoms with Gasteiger partial charge in [-0.05, 0) is 36.3 Å². The molecule has 0 aliphatic heterocycles. The second kappa shape index (κ2) is 11.7. The molecule has 1 aromatic heterocycles. The van der Waals surface area contributed by atoms with Crippen molar-refractivity contribution in [2.45, 2.75) is 25.9 Å². The zero-order chi connectivity index (χ0) is 17.7. The summed E-state index contributed by atoms with van der Waals surface area (Å²) in [6.07, 6.45) is 3.19. The van der Waals surface area contributed by atoms with Crippen LogP contribution < -0.4 is 5.32 Å². The van der Waals surface area contributed by atoms with Gasteiger partial charge in [0.1, 0.15) is 0 Å². The molecule has 0 amide bonds. The van der Waals surface area contributed by atoms with E-state index in [-0.39, 0.29) is 0 Å². The number of likely N-dealkylation sites (N-methyl/N-ethyl adjacent to an activating group) is 1. The Labute approximate surface area is 155 Å². The van der Waals surface area contributed by atoms with E-state index in [4.69, 9.17) is 4.74 Å². The summed E-state index contributed by atoms with van der Waals surface area (Å²) in [5, 5.41) is 5.56. The largest absolute Gasteiger partial charge is 0.377 e. The topological polar surface area (TPSA) is 36.9 Å². The average Bonchev–Trinajstić information content (AvgIpc) is 3.16. The fourth-order valence-corrected chi connectivity index (χ4v) is 3.22. The van der Waals surface area contributed by atoms with Crippen molar-refractivity contribution < 1.29 is 4.74 Å². The highest BCUT2D eigenvalue weighted by Crippen LogP contribution is 2.09. The number of rotatable bonds is 10. The third-order valence-electron chi connectivity index (χ3n) is 3.96. The first-order valence-corrected chi connectivity index (χ1v) is 9.73. The predicted molar refractivity (Wildman–Crippen MR) is 107 cm³/mol. The van der Waals surface area contributed by atoms with Crippen molar-refractivity contribution in [1.82, 2.24) is 10.2 Å². The maximum atomic E-state index is 5.71. The van der Waals surface area contributed by atoms with Crippen LogP contribution in [0.15, 0.2) is 52.8 Å². The second-order valence-electron chi connectivity index (χ2n) is 5.97. The van der Waals surface area contributed by atoms with Gasteiger partial charge in [-0.15, -0.1) is 11.3 Å². The summed E-state index contributed by atoms with van der Waals surface area (Å²) in [5.74, 6) is 0.960.